The van der Waals surface area contributed by atoms with Crippen LogP contribution in [0.2, 0.25) is 0 Å². The maximum absolute atomic E-state index is 12.9. The van der Waals surface area contributed by atoms with Crippen molar-refractivity contribution in [1.29, 1.82) is 0 Å². The van der Waals surface area contributed by atoms with Crippen LogP contribution in [0, 0.1) is 11.7 Å². The Labute approximate surface area is 115 Å². The molecule has 0 bridgehead atoms. The summed E-state index contributed by atoms with van der Waals surface area (Å²) in [6.07, 6.45) is 0. The van der Waals surface area contributed by atoms with Crippen LogP contribution in [0.25, 0.3) is 0 Å². The highest BCUT2D eigenvalue weighted by atomic mass is 19.1. The van der Waals surface area contributed by atoms with E-state index in [-0.39, 0.29) is 11.4 Å². The lowest BCUT2D eigenvalue weighted by Gasteiger charge is -2.44. The number of benzene rings is 1. The van der Waals surface area contributed by atoms with Crippen LogP contribution >= 0.6 is 0 Å². The average Bonchev–Trinajstić information content (AvgIpc) is 2.38. The minimum atomic E-state index is -0.211. The average molecular weight is 268 g/mol. The van der Waals surface area contributed by atoms with Crippen molar-refractivity contribution in [2.75, 3.05) is 27.3 Å². The lowest BCUT2D eigenvalue weighted by Crippen LogP contribution is -2.58. The third-order valence-corrected chi connectivity index (χ3v) is 3.92. The van der Waals surface area contributed by atoms with E-state index in [4.69, 9.17) is 10.5 Å². The van der Waals surface area contributed by atoms with E-state index in [9.17, 15) is 4.39 Å². The number of rotatable bonds is 7. The highest BCUT2D eigenvalue weighted by Gasteiger charge is 2.36. The maximum Gasteiger partial charge on any atom is 0.123 e. The van der Waals surface area contributed by atoms with E-state index in [1.165, 1.54) is 12.1 Å². The van der Waals surface area contributed by atoms with Gasteiger partial charge in [0.1, 0.15) is 5.82 Å². The molecule has 0 amide bonds. The first-order valence-corrected chi connectivity index (χ1v) is 6.61. The van der Waals surface area contributed by atoms with Gasteiger partial charge in [0.2, 0.25) is 0 Å². The molecule has 1 unspecified atom stereocenters. The smallest absolute Gasteiger partial charge is 0.123 e. The number of halogens is 1. The standard InChI is InChI=1S/C15H25FN2O/c1-12(2)15(10-17,11-19-4)18(3)9-13-5-7-14(16)8-6-13/h5-8,12H,9-11,17H2,1-4H3. The van der Waals surface area contributed by atoms with Crippen LogP contribution in [0.3, 0.4) is 0 Å². The predicted octanol–water partition coefficient (Wildman–Crippen LogP) is 2.26. The van der Waals surface area contributed by atoms with Gasteiger partial charge >= 0.3 is 0 Å². The highest BCUT2D eigenvalue weighted by molar-refractivity contribution is 5.16. The highest BCUT2D eigenvalue weighted by Crippen LogP contribution is 2.25. The molecular formula is C15H25FN2O. The summed E-state index contributed by atoms with van der Waals surface area (Å²) in [5.41, 5.74) is 6.85. The fourth-order valence-corrected chi connectivity index (χ4v) is 2.44. The molecule has 1 atom stereocenters. The van der Waals surface area contributed by atoms with Gasteiger partial charge in [0.05, 0.1) is 12.1 Å². The van der Waals surface area contributed by atoms with Crippen LogP contribution in [0.15, 0.2) is 24.3 Å². The molecule has 0 heterocycles. The Balaban J connectivity index is 2.87. The lowest BCUT2D eigenvalue weighted by molar-refractivity contribution is -0.00556. The van der Waals surface area contributed by atoms with E-state index in [2.05, 4.69) is 18.7 Å². The number of hydrogen-bond acceptors (Lipinski definition) is 3. The molecule has 108 valence electrons. The summed E-state index contributed by atoms with van der Waals surface area (Å²) in [5, 5.41) is 0. The minimum Gasteiger partial charge on any atom is -0.383 e. The van der Waals surface area contributed by atoms with Crippen molar-refractivity contribution in [2.45, 2.75) is 25.9 Å². The topological polar surface area (TPSA) is 38.5 Å². The Morgan fingerprint density at radius 1 is 1.32 bits per heavy atom. The fraction of sp³-hybridized carbons (Fsp3) is 0.600. The van der Waals surface area contributed by atoms with Crippen LogP contribution in [0.5, 0.6) is 0 Å². The van der Waals surface area contributed by atoms with E-state index >= 15 is 0 Å². The van der Waals surface area contributed by atoms with Crippen LogP contribution in [0.1, 0.15) is 19.4 Å². The number of likely N-dealkylation sites (N-methyl/N-ethyl adjacent to an activating group) is 1. The Morgan fingerprint density at radius 2 is 1.89 bits per heavy atom. The van der Waals surface area contributed by atoms with Crippen LogP contribution in [-0.4, -0.2) is 37.7 Å². The first-order chi connectivity index (χ1) is 8.96. The lowest BCUT2D eigenvalue weighted by atomic mass is 9.85. The molecule has 1 rings (SSSR count). The zero-order valence-electron chi connectivity index (χ0n) is 12.3. The van der Waals surface area contributed by atoms with Crippen LogP contribution in [-0.2, 0) is 11.3 Å². The zero-order chi connectivity index (χ0) is 14.5. The Morgan fingerprint density at radius 3 is 2.32 bits per heavy atom. The second-order valence-electron chi connectivity index (χ2n) is 5.38. The summed E-state index contributed by atoms with van der Waals surface area (Å²) in [4.78, 5) is 2.20. The minimum absolute atomic E-state index is 0.205. The molecular weight excluding hydrogens is 243 g/mol. The summed E-state index contributed by atoms with van der Waals surface area (Å²) >= 11 is 0. The molecule has 1 aromatic rings. The first-order valence-electron chi connectivity index (χ1n) is 6.61. The summed E-state index contributed by atoms with van der Waals surface area (Å²) in [5.74, 6) is 0.153. The van der Waals surface area contributed by atoms with Gasteiger partial charge in [0.15, 0.2) is 0 Å². The first kappa shape index (κ1) is 16.1. The Kier molecular flexibility index (Phi) is 5.91. The zero-order valence-corrected chi connectivity index (χ0v) is 12.3. The molecule has 0 saturated heterocycles. The van der Waals surface area contributed by atoms with E-state index in [0.717, 1.165) is 12.1 Å². The molecule has 1 aromatic carbocycles. The van der Waals surface area contributed by atoms with E-state index in [1.54, 1.807) is 19.2 Å². The van der Waals surface area contributed by atoms with Crippen molar-refractivity contribution in [2.24, 2.45) is 11.7 Å². The van der Waals surface area contributed by atoms with Gasteiger partial charge in [0.25, 0.3) is 0 Å². The third-order valence-electron chi connectivity index (χ3n) is 3.92. The number of nitrogens with two attached hydrogens (primary N) is 1. The summed E-state index contributed by atoms with van der Waals surface area (Å²) in [6.45, 7) is 6.12. The number of hydrogen-bond donors (Lipinski definition) is 1. The molecule has 0 aliphatic carbocycles. The monoisotopic (exact) mass is 268 g/mol. The van der Waals surface area contributed by atoms with Crippen LogP contribution < -0.4 is 5.73 Å². The molecule has 0 spiro atoms. The fourth-order valence-electron chi connectivity index (χ4n) is 2.44. The molecule has 2 N–H and O–H groups in total. The summed E-state index contributed by atoms with van der Waals surface area (Å²) < 4.78 is 18.3. The van der Waals surface area contributed by atoms with Gasteiger partial charge in [-0.2, -0.15) is 0 Å². The Bertz CT molecular complexity index is 380. The molecule has 0 fully saturated rings. The largest absolute Gasteiger partial charge is 0.383 e. The van der Waals surface area contributed by atoms with Gasteiger partial charge in [0, 0.05) is 20.2 Å². The van der Waals surface area contributed by atoms with Crippen molar-refractivity contribution in [1.82, 2.24) is 4.90 Å². The second kappa shape index (κ2) is 6.98. The quantitative estimate of drug-likeness (QED) is 0.824. The molecule has 0 aliphatic heterocycles. The van der Waals surface area contributed by atoms with Crippen molar-refractivity contribution < 1.29 is 9.13 Å². The summed E-state index contributed by atoms with van der Waals surface area (Å²) in [6, 6.07) is 6.58. The number of nitrogens with zero attached hydrogens (tertiary/aromatic N) is 1. The van der Waals surface area contributed by atoms with E-state index in [1.807, 2.05) is 7.05 Å². The van der Waals surface area contributed by atoms with Gasteiger partial charge in [-0.25, -0.2) is 4.39 Å². The molecule has 4 heteroatoms. The number of ether oxygens (including phenoxy) is 1. The van der Waals surface area contributed by atoms with E-state index < -0.39 is 0 Å². The third kappa shape index (κ3) is 3.75. The molecule has 0 aromatic heterocycles. The number of methoxy groups -OCH3 is 1. The molecule has 0 radical (unpaired) electrons. The predicted molar refractivity (Wildman–Crippen MR) is 76.4 cm³/mol. The molecule has 19 heavy (non-hydrogen) atoms. The Hall–Kier alpha value is -0.970. The molecule has 0 saturated carbocycles. The normalized spacial score (nSPS) is 14.9. The van der Waals surface area contributed by atoms with Gasteiger partial charge in [-0.1, -0.05) is 26.0 Å². The molecule has 0 aliphatic rings. The van der Waals surface area contributed by atoms with Gasteiger partial charge in [-0.3, -0.25) is 4.90 Å². The maximum atomic E-state index is 12.9. The second-order valence-corrected chi connectivity index (χ2v) is 5.38. The van der Waals surface area contributed by atoms with Crippen molar-refractivity contribution in [3.63, 3.8) is 0 Å². The van der Waals surface area contributed by atoms with Gasteiger partial charge in [-0.15, -0.1) is 0 Å². The van der Waals surface area contributed by atoms with Crippen molar-refractivity contribution in [3.05, 3.63) is 35.6 Å². The summed E-state index contributed by atoms with van der Waals surface area (Å²) in [7, 11) is 3.73. The van der Waals surface area contributed by atoms with Crippen molar-refractivity contribution in [3.8, 4) is 0 Å². The van der Waals surface area contributed by atoms with Crippen LogP contribution in [0.4, 0.5) is 4.39 Å². The molecule has 3 nitrogen and oxygen atoms in total. The van der Waals surface area contributed by atoms with E-state index in [0.29, 0.717) is 19.1 Å². The van der Waals surface area contributed by atoms with Gasteiger partial charge < -0.3 is 10.5 Å². The SMILES string of the molecule is COCC(CN)(C(C)C)N(C)Cc1ccc(F)cc1. The van der Waals surface area contributed by atoms with Gasteiger partial charge in [-0.05, 0) is 30.7 Å². The van der Waals surface area contributed by atoms with Crippen molar-refractivity contribution >= 4 is 0 Å².